The molecule has 2 aromatic heterocycles. The summed E-state index contributed by atoms with van der Waals surface area (Å²) in [5.41, 5.74) is 2.21. The summed E-state index contributed by atoms with van der Waals surface area (Å²) in [5, 5.41) is 7.62. The van der Waals surface area contributed by atoms with E-state index < -0.39 is 10.0 Å². The van der Waals surface area contributed by atoms with Gasteiger partial charge in [0, 0.05) is 6.20 Å². The summed E-state index contributed by atoms with van der Waals surface area (Å²) in [6, 6.07) is 10.2. The van der Waals surface area contributed by atoms with E-state index in [9.17, 15) is 8.42 Å². The summed E-state index contributed by atoms with van der Waals surface area (Å²) in [6.45, 7) is 2.02. The molecular formula is C14H14N4O2S. The third-order valence-electron chi connectivity index (χ3n) is 3.19. The number of hydrogen-bond donors (Lipinski definition) is 1. The molecule has 6 nitrogen and oxygen atoms in total. The van der Waals surface area contributed by atoms with Crippen LogP contribution in [-0.4, -0.2) is 23.0 Å². The number of rotatable bonds is 4. The van der Waals surface area contributed by atoms with Crippen molar-refractivity contribution in [3.63, 3.8) is 0 Å². The van der Waals surface area contributed by atoms with Crippen molar-refractivity contribution in [2.45, 2.75) is 18.2 Å². The molecule has 3 aromatic rings. The SMILES string of the molecule is CCc1ccc(S(=O)(=O)Nc2ccc3nncn3c2)cc1. The molecule has 108 valence electrons. The number of hydrogen-bond acceptors (Lipinski definition) is 4. The van der Waals surface area contributed by atoms with Crippen LogP contribution in [0, 0.1) is 0 Å². The lowest BCUT2D eigenvalue weighted by Crippen LogP contribution is -2.13. The smallest absolute Gasteiger partial charge is 0.261 e. The normalized spacial score (nSPS) is 11.7. The molecule has 0 atom stereocenters. The van der Waals surface area contributed by atoms with Gasteiger partial charge in [-0.25, -0.2) is 8.42 Å². The van der Waals surface area contributed by atoms with E-state index in [1.54, 1.807) is 34.9 Å². The van der Waals surface area contributed by atoms with Crippen molar-refractivity contribution in [3.05, 3.63) is 54.5 Å². The fourth-order valence-electron chi connectivity index (χ4n) is 2.01. The van der Waals surface area contributed by atoms with E-state index in [0.717, 1.165) is 12.0 Å². The second-order valence-corrected chi connectivity index (χ2v) is 6.30. The van der Waals surface area contributed by atoms with Gasteiger partial charge in [0.05, 0.1) is 10.6 Å². The lowest BCUT2D eigenvalue weighted by molar-refractivity contribution is 0.601. The summed E-state index contributed by atoms with van der Waals surface area (Å²) in [5.74, 6) is 0. The molecule has 0 radical (unpaired) electrons. The van der Waals surface area contributed by atoms with E-state index in [1.807, 2.05) is 19.1 Å². The van der Waals surface area contributed by atoms with E-state index in [-0.39, 0.29) is 4.90 Å². The Bertz CT molecular complexity index is 869. The lowest BCUT2D eigenvalue weighted by atomic mass is 10.2. The van der Waals surface area contributed by atoms with Crippen LogP contribution in [0.5, 0.6) is 0 Å². The van der Waals surface area contributed by atoms with Crippen molar-refractivity contribution in [2.24, 2.45) is 0 Å². The van der Waals surface area contributed by atoms with Gasteiger partial charge in [0.2, 0.25) is 0 Å². The first-order valence-corrected chi connectivity index (χ1v) is 7.98. The zero-order chi connectivity index (χ0) is 14.9. The maximum atomic E-state index is 12.3. The molecule has 0 aliphatic heterocycles. The van der Waals surface area contributed by atoms with Gasteiger partial charge in [-0.2, -0.15) is 0 Å². The van der Waals surface area contributed by atoms with Crippen LogP contribution < -0.4 is 4.72 Å². The Labute approximate surface area is 122 Å². The zero-order valence-electron chi connectivity index (χ0n) is 11.4. The molecule has 0 fully saturated rings. The molecule has 7 heteroatoms. The maximum absolute atomic E-state index is 12.3. The standard InChI is InChI=1S/C14H14N4O2S/c1-2-11-3-6-13(7-4-11)21(19,20)17-12-5-8-14-16-15-10-18(14)9-12/h3-10,17H,2H2,1H3. The monoisotopic (exact) mass is 302 g/mol. The van der Waals surface area contributed by atoms with Gasteiger partial charge in [0.15, 0.2) is 5.65 Å². The first kappa shape index (κ1) is 13.6. The summed E-state index contributed by atoms with van der Waals surface area (Å²) >= 11 is 0. The Morgan fingerprint density at radius 3 is 2.62 bits per heavy atom. The fraction of sp³-hybridized carbons (Fsp3) is 0.143. The Hall–Kier alpha value is -2.41. The quantitative estimate of drug-likeness (QED) is 0.800. The average Bonchev–Trinajstić information content (AvgIpc) is 2.94. The number of pyridine rings is 1. The van der Waals surface area contributed by atoms with Crippen LogP contribution in [0.25, 0.3) is 5.65 Å². The predicted octanol–water partition coefficient (Wildman–Crippen LogP) is 2.09. The third-order valence-corrected chi connectivity index (χ3v) is 4.58. The van der Waals surface area contributed by atoms with Gasteiger partial charge < -0.3 is 0 Å². The molecule has 3 rings (SSSR count). The van der Waals surface area contributed by atoms with Gasteiger partial charge in [0.1, 0.15) is 6.33 Å². The number of anilines is 1. The highest BCUT2D eigenvalue weighted by Crippen LogP contribution is 2.17. The molecule has 2 heterocycles. The average molecular weight is 302 g/mol. The van der Waals surface area contributed by atoms with Crippen molar-refractivity contribution in [1.29, 1.82) is 0 Å². The molecule has 1 aromatic carbocycles. The molecule has 1 N–H and O–H groups in total. The van der Waals surface area contributed by atoms with Crippen molar-refractivity contribution < 1.29 is 8.42 Å². The molecule has 0 spiro atoms. The van der Waals surface area contributed by atoms with Gasteiger partial charge in [-0.1, -0.05) is 19.1 Å². The highest BCUT2D eigenvalue weighted by molar-refractivity contribution is 7.92. The Kier molecular flexibility index (Phi) is 3.34. The largest absolute Gasteiger partial charge is 0.287 e. The third kappa shape index (κ3) is 2.73. The van der Waals surface area contributed by atoms with Crippen molar-refractivity contribution >= 4 is 21.4 Å². The van der Waals surface area contributed by atoms with Crippen molar-refractivity contribution in [2.75, 3.05) is 4.72 Å². The predicted molar refractivity (Wildman–Crippen MR) is 79.6 cm³/mol. The molecular weight excluding hydrogens is 288 g/mol. The minimum atomic E-state index is -3.59. The molecule has 0 bridgehead atoms. The first-order chi connectivity index (χ1) is 10.1. The second-order valence-electron chi connectivity index (χ2n) is 4.62. The number of nitrogens with one attached hydrogen (secondary N) is 1. The molecule has 0 amide bonds. The Morgan fingerprint density at radius 1 is 1.14 bits per heavy atom. The summed E-state index contributed by atoms with van der Waals surface area (Å²) in [4.78, 5) is 0.239. The Morgan fingerprint density at radius 2 is 1.90 bits per heavy atom. The number of fused-ring (bicyclic) bond motifs is 1. The van der Waals surface area contributed by atoms with Gasteiger partial charge in [0.25, 0.3) is 10.0 Å². The molecule has 0 saturated carbocycles. The highest BCUT2D eigenvalue weighted by Gasteiger charge is 2.14. The summed E-state index contributed by atoms with van der Waals surface area (Å²) in [6.07, 6.45) is 4.02. The van der Waals surface area contributed by atoms with Crippen LogP contribution in [0.1, 0.15) is 12.5 Å². The molecule has 21 heavy (non-hydrogen) atoms. The van der Waals surface area contributed by atoms with Gasteiger partial charge in [-0.3, -0.25) is 9.12 Å². The van der Waals surface area contributed by atoms with Crippen LogP contribution in [0.2, 0.25) is 0 Å². The fourth-order valence-corrected chi connectivity index (χ4v) is 3.05. The molecule has 0 aliphatic rings. The van der Waals surface area contributed by atoms with Gasteiger partial charge >= 0.3 is 0 Å². The van der Waals surface area contributed by atoms with Crippen LogP contribution in [-0.2, 0) is 16.4 Å². The van der Waals surface area contributed by atoms with E-state index >= 15 is 0 Å². The van der Waals surface area contributed by atoms with Gasteiger partial charge in [-0.15, -0.1) is 10.2 Å². The number of aromatic nitrogens is 3. The summed E-state index contributed by atoms with van der Waals surface area (Å²) < 4.78 is 28.8. The number of benzene rings is 1. The number of nitrogens with zero attached hydrogens (tertiary/aromatic N) is 3. The maximum Gasteiger partial charge on any atom is 0.261 e. The second kappa shape index (κ2) is 5.17. The van der Waals surface area contributed by atoms with E-state index in [1.165, 1.54) is 6.33 Å². The minimum Gasteiger partial charge on any atom is -0.287 e. The molecule has 0 unspecified atom stereocenters. The molecule has 0 aliphatic carbocycles. The zero-order valence-corrected chi connectivity index (χ0v) is 12.2. The van der Waals surface area contributed by atoms with Crippen LogP contribution in [0.4, 0.5) is 5.69 Å². The van der Waals surface area contributed by atoms with Crippen LogP contribution in [0.3, 0.4) is 0 Å². The lowest BCUT2D eigenvalue weighted by Gasteiger charge is -2.08. The van der Waals surface area contributed by atoms with Crippen LogP contribution >= 0.6 is 0 Å². The van der Waals surface area contributed by atoms with Gasteiger partial charge in [-0.05, 0) is 36.2 Å². The highest BCUT2D eigenvalue weighted by atomic mass is 32.2. The molecule has 0 saturated heterocycles. The summed E-state index contributed by atoms with van der Waals surface area (Å²) in [7, 11) is -3.59. The minimum absolute atomic E-state index is 0.239. The number of sulfonamides is 1. The Balaban J connectivity index is 1.90. The topological polar surface area (TPSA) is 76.4 Å². The number of aryl methyl sites for hydroxylation is 1. The van der Waals surface area contributed by atoms with E-state index in [4.69, 9.17) is 0 Å². The van der Waals surface area contributed by atoms with Crippen molar-refractivity contribution in [3.8, 4) is 0 Å². The van der Waals surface area contributed by atoms with E-state index in [0.29, 0.717) is 11.3 Å². The van der Waals surface area contributed by atoms with Crippen LogP contribution in [0.15, 0.2) is 53.8 Å². The van der Waals surface area contributed by atoms with Crippen molar-refractivity contribution in [1.82, 2.24) is 14.6 Å². The van der Waals surface area contributed by atoms with E-state index in [2.05, 4.69) is 14.9 Å². The first-order valence-electron chi connectivity index (χ1n) is 6.49.